The molecular weight excluding hydrogens is 263 g/mol. The van der Waals surface area contributed by atoms with E-state index >= 15 is 0 Å². The Labute approximate surface area is 119 Å². The van der Waals surface area contributed by atoms with Crippen LogP contribution < -0.4 is 0 Å². The number of carbonyl (C=O) groups is 1. The van der Waals surface area contributed by atoms with E-state index in [1.807, 2.05) is 25.7 Å². The first-order valence-electron chi connectivity index (χ1n) is 7.24. The van der Waals surface area contributed by atoms with E-state index < -0.39 is 17.4 Å². The minimum absolute atomic E-state index is 0.259. The van der Waals surface area contributed by atoms with Crippen LogP contribution in [0.2, 0.25) is 0 Å². The van der Waals surface area contributed by atoms with E-state index in [2.05, 4.69) is 0 Å². The van der Waals surface area contributed by atoms with Crippen molar-refractivity contribution in [2.45, 2.75) is 51.0 Å². The number of alkyl halides is 1. The van der Waals surface area contributed by atoms with Gasteiger partial charge in [0.2, 0.25) is 0 Å². The fraction of sp³-hybridized carbons (Fsp3) is 0.929. The second-order valence-electron chi connectivity index (χ2n) is 7.02. The van der Waals surface area contributed by atoms with Gasteiger partial charge in [0.25, 0.3) is 0 Å². The summed E-state index contributed by atoms with van der Waals surface area (Å²) in [4.78, 5) is 15.5. The number of amides is 1. The average Bonchev–Trinajstić information content (AvgIpc) is 2.24. The Bertz CT molecular complexity index is 366. The van der Waals surface area contributed by atoms with Crippen molar-refractivity contribution in [1.29, 1.82) is 0 Å². The van der Waals surface area contributed by atoms with Gasteiger partial charge in [-0.2, -0.15) is 0 Å². The maximum Gasteiger partial charge on any atom is 0.410 e. The van der Waals surface area contributed by atoms with Crippen LogP contribution in [0.5, 0.6) is 0 Å². The molecule has 0 radical (unpaired) electrons. The van der Waals surface area contributed by atoms with Crippen LogP contribution in [-0.2, 0) is 4.74 Å². The third-order valence-electron chi connectivity index (χ3n) is 3.64. The summed E-state index contributed by atoms with van der Waals surface area (Å²) in [7, 11) is 0. The zero-order valence-corrected chi connectivity index (χ0v) is 12.6. The summed E-state index contributed by atoms with van der Waals surface area (Å²) in [5, 5.41) is 10.6. The number of β-amino-alcohol motifs (C(OH)–C–C–N with tert-alkyl or cyclic N) is 1. The molecule has 0 bridgehead atoms. The summed E-state index contributed by atoms with van der Waals surface area (Å²) < 4.78 is 18.2. The maximum atomic E-state index is 12.8. The third kappa shape index (κ3) is 4.06. The van der Waals surface area contributed by atoms with Crippen LogP contribution in [0.4, 0.5) is 9.18 Å². The number of rotatable bonds is 2. The van der Waals surface area contributed by atoms with Gasteiger partial charge in [0.1, 0.15) is 11.8 Å². The third-order valence-corrected chi connectivity index (χ3v) is 3.64. The van der Waals surface area contributed by atoms with Crippen molar-refractivity contribution < 1.29 is 19.0 Å². The molecule has 2 fully saturated rings. The monoisotopic (exact) mass is 288 g/mol. The summed E-state index contributed by atoms with van der Waals surface area (Å²) in [6.45, 7) is 7.52. The molecular formula is C14H25FN2O3. The number of hydrogen-bond acceptors (Lipinski definition) is 4. The topological polar surface area (TPSA) is 53.0 Å². The van der Waals surface area contributed by atoms with Crippen LogP contribution in [0.3, 0.4) is 0 Å². The molecule has 2 saturated heterocycles. The molecule has 0 aromatic rings. The average molecular weight is 288 g/mol. The highest BCUT2D eigenvalue weighted by Crippen LogP contribution is 2.26. The fourth-order valence-corrected chi connectivity index (χ4v) is 2.78. The predicted octanol–water partition coefficient (Wildman–Crippen LogP) is 1.40. The Hall–Kier alpha value is -0.880. The molecule has 2 aliphatic heterocycles. The highest BCUT2D eigenvalue weighted by molar-refractivity contribution is 5.68. The van der Waals surface area contributed by atoms with Crippen molar-refractivity contribution in [3.63, 3.8) is 0 Å². The zero-order valence-electron chi connectivity index (χ0n) is 12.6. The van der Waals surface area contributed by atoms with E-state index in [1.54, 1.807) is 4.90 Å². The lowest BCUT2D eigenvalue weighted by atomic mass is 9.91. The number of aliphatic hydroxyl groups is 1. The number of piperidine rings is 1. The zero-order chi connectivity index (χ0) is 15.0. The second kappa shape index (κ2) is 5.48. The van der Waals surface area contributed by atoms with Gasteiger partial charge in [-0.15, -0.1) is 0 Å². The lowest BCUT2D eigenvalue weighted by Gasteiger charge is -2.45. The number of nitrogens with zero attached hydrogens (tertiary/aromatic N) is 2. The van der Waals surface area contributed by atoms with Crippen molar-refractivity contribution in [2.24, 2.45) is 0 Å². The minimum atomic E-state index is -0.949. The maximum absolute atomic E-state index is 12.8. The summed E-state index contributed by atoms with van der Waals surface area (Å²) in [6, 6.07) is 0. The molecule has 116 valence electrons. The second-order valence-corrected chi connectivity index (χ2v) is 7.02. The van der Waals surface area contributed by atoms with Crippen molar-refractivity contribution in [3.05, 3.63) is 0 Å². The normalized spacial score (nSPS) is 29.1. The first-order chi connectivity index (χ1) is 9.17. The Morgan fingerprint density at radius 3 is 2.65 bits per heavy atom. The molecule has 2 heterocycles. The summed E-state index contributed by atoms with van der Waals surface area (Å²) >= 11 is 0. The highest BCUT2D eigenvalue weighted by atomic mass is 19.1. The Kier molecular flexibility index (Phi) is 4.25. The van der Waals surface area contributed by atoms with Crippen LogP contribution in [-0.4, -0.2) is 71.1 Å². The quantitative estimate of drug-likeness (QED) is 0.834. The smallest absolute Gasteiger partial charge is 0.410 e. The lowest BCUT2D eigenvalue weighted by molar-refractivity contribution is -0.0787. The van der Waals surface area contributed by atoms with Crippen LogP contribution in [0, 0.1) is 0 Å². The molecule has 0 spiro atoms. The molecule has 2 aliphatic rings. The molecule has 1 N–H and O–H groups in total. The fourth-order valence-electron chi connectivity index (χ4n) is 2.78. The first-order valence-corrected chi connectivity index (χ1v) is 7.24. The minimum Gasteiger partial charge on any atom is -0.444 e. The first kappa shape index (κ1) is 15.5. The molecule has 20 heavy (non-hydrogen) atoms. The van der Waals surface area contributed by atoms with Gasteiger partial charge in [-0.3, -0.25) is 4.90 Å². The largest absolute Gasteiger partial charge is 0.444 e. The number of ether oxygens (including phenoxy) is 1. The molecule has 1 atom stereocenters. The molecule has 0 aromatic carbocycles. The van der Waals surface area contributed by atoms with Crippen LogP contribution in [0.1, 0.15) is 33.6 Å². The van der Waals surface area contributed by atoms with Gasteiger partial charge in [-0.05, 0) is 33.6 Å². The van der Waals surface area contributed by atoms with Gasteiger partial charge in [0, 0.05) is 26.2 Å². The van der Waals surface area contributed by atoms with Crippen LogP contribution in [0.25, 0.3) is 0 Å². The van der Waals surface area contributed by atoms with E-state index in [-0.39, 0.29) is 12.6 Å². The van der Waals surface area contributed by atoms with Gasteiger partial charge in [0.15, 0.2) is 0 Å². The molecule has 2 rings (SSSR count). The van der Waals surface area contributed by atoms with Crippen molar-refractivity contribution in [1.82, 2.24) is 9.80 Å². The van der Waals surface area contributed by atoms with Crippen molar-refractivity contribution in [3.8, 4) is 0 Å². The number of hydrogen-bond donors (Lipinski definition) is 1. The Morgan fingerprint density at radius 1 is 1.45 bits per heavy atom. The Morgan fingerprint density at radius 2 is 2.10 bits per heavy atom. The van der Waals surface area contributed by atoms with E-state index in [4.69, 9.17) is 4.74 Å². The molecule has 0 aromatic heterocycles. The number of halogens is 1. The summed E-state index contributed by atoms with van der Waals surface area (Å²) in [6.07, 6.45) is 0.217. The summed E-state index contributed by atoms with van der Waals surface area (Å²) in [5.41, 5.74) is -1.49. The van der Waals surface area contributed by atoms with E-state index in [0.717, 1.165) is 6.42 Å². The molecule has 0 aliphatic carbocycles. The SMILES string of the molecule is CC(C)(C)OC(=O)N1CCCC(O)(CN2CC(F)C2)C1. The highest BCUT2D eigenvalue weighted by Gasteiger charge is 2.40. The van der Waals surface area contributed by atoms with E-state index in [9.17, 15) is 14.3 Å². The van der Waals surface area contributed by atoms with Crippen molar-refractivity contribution in [2.75, 3.05) is 32.7 Å². The molecule has 1 amide bonds. The van der Waals surface area contributed by atoms with Crippen LogP contribution in [0.15, 0.2) is 0 Å². The van der Waals surface area contributed by atoms with Gasteiger partial charge < -0.3 is 14.7 Å². The van der Waals surface area contributed by atoms with Gasteiger partial charge in [-0.1, -0.05) is 0 Å². The molecule has 5 nitrogen and oxygen atoms in total. The van der Waals surface area contributed by atoms with Gasteiger partial charge in [-0.25, -0.2) is 9.18 Å². The molecule has 1 unspecified atom stereocenters. The van der Waals surface area contributed by atoms with Crippen molar-refractivity contribution >= 4 is 6.09 Å². The number of likely N-dealkylation sites (tertiary alicyclic amines) is 2. The summed E-state index contributed by atoms with van der Waals surface area (Å²) in [5.74, 6) is 0. The number of carbonyl (C=O) groups excluding carboxylic acids is 1. The van der Waals surface area contributed by atoms with Gasteiger partial charge >= 0.3 is 6.09 Å². The van der Waals surface area contributed by atoms with E-state index in [0.29, 0.717) is 32.6 Å². The predicted molar refractivity (Wildman–Crippen MR) is 73.3 cm³/mol. The van der Waals surface area contributed by atoms with Gasteiger partial charge in [0.05, 0.1) is 12.1 Å². The molecule has 6 heteroatoms. The van der Waals surface area contributed by atoms with E-state index in [1.165, 1.54) is 0 Å². The van der Waals surface area contributed by atoms with Crippen LogP contribution >= 0.6 is 0 Å². The lowest BCUT2D eigenvalue weighted by Crippen LogP contribution is -2.60. The standard InChI is InChI=1S/C14H25FN2O3/c1-13(2,3)20-12(18)17-6-4-5-14(19,10-17)9-16-7-11(15)8-16/h11,19H,4-10H2,1-3H3. The Balaban J connectivity index is 1.88. The molecule has 0 saturated carbocycles.